The first-order valence-electron chi connectivity index (χ1n) is 8.73. The minimum atomic E-state index is 0.0643. The maximum absolute atomic E-state index is 12.3. The fourth-order valence-electron chi connectivity index (χ4n) is 3.71. The van der Waals surface area contributed by atoms with Gasteiger partial charge in [0.25, 0.3) is 0 Å². The Labute approximate surface area is 138 Å². The van der Waals surface area contributed by atoms with Crippen molar-refractivity contribution < 1.29 is 4.79 Å². The molecule has 124 valence electrons. The molecule has 0 atom stereocenters. The fourth-order valence-corrected chi connectivity index (χ4v) is 3.71. The Hall–Kier alpha value is -1.97. The van der Waals surface area contributed by atoms with Crippen LogP contribution in [0.15, 0.2) is 24.3 Å². The van der Waals surface area contributed by atoms with Gasteiger partial charge in [-0.05, 0) is 37.8 Å². The van der Waals surface area contributed by atoms with Crippen LogP contribution in [0.25, 0.3) is 10.9 Å². The summed E-state index contributed by atoms with van der Waals surface area (Å²) in [6, 6.07) is 8.83. The molecule has 0 saturated heterocycles. The molecule has 1 fully saturated rings. The number of nitrogens with one attached hydrogen (secondary N) is 2. The number of benzene rings is 1. The standard InChI is InChI=1S/C19H27N3O/c1-14-16(17-10-6-7-11-18(17)21-14)12-13-20-19(23)22(2)15-8-4-3-5-9-15/h6-7,10-11,15,21H,3-5,8-9,12-13H2,1-2H3,(H,20,23). The molecule has 1 aromatic heterocycles. The third kappa shape index (κ3) is 3.52. The van der Waals surface area contributed by atoms with Gasteiger partial charge in [-0.25, -0.2) is 4.79 Å². The van der Waals surface area contributed by atoms with Gasteiger partial charge < -0.3 is 15.2 Å². The Morgan fingerprint density at radius 2 is 2.00 bits per heavy atom. The summed E-state index contributed by atoms with van der Waals surface area (Å²) in [5.41, 5.74) is 3.67. The van der Waals surface area contributed by atoms with Gasteiger partial charge in [0.05, 0.1) is 0 Å². The van der Waals surface area contributed by atoms with Crippen LogP contribution >= 0.6 is 0 Å². The van der Waals surface area contributed by atoms with E-state index in [1.54, 1.807) is 0 Å². The van der Waals surface area contributed by atoms with Crippen LogP contribution in [-0.2, 0) is 6.42 Å². The van der Waals surface area contributed by atoms with E-state index < -0.39 is 0 Å². The molecule has 2 aromatic rings. The highest BCUT2D eigenvalue weighted by Gasteiger charge is 2.21. The number of carbonyl (C=O) groups excluding carboxylic acids is 1. The zero-order chi connectivity index (χ0) is 16.2. The number of aromatic nitrogens is 1. The Morgan fingerprint density at radius 1 is 1.26 bits per heavy atom. The van der Waals surface area contributed by atoms with Gasteiger partial charge in [-0.2, -0.15) is 0 Å². The predicted molar refractivity (Wildman–Crippen MR) is 94.8 cm³/mol. The van der Waals surface area contributed by atoms with Crippen LogP contribution in [0.1, 0.15) is 43.4 Å². The molecular weight excluding hydrogens is 286 g/mol. The summed E-state index contributed by atoms with van der Waals surface area (Å²) < 4.78 is 0. The normalized spacial score (nSPS) is 15.7. The van der Waals surface area contributed by atoms with Gasteiger partial charge >= 0.3 is 6.03 Å². The van der Waals surface area contributed by atoms with Crippen LogP contribution in [-0.4, -0.2) is 35.5 Å². The largest absolute Gasteiger partial charge is 0.358 e. The summed E-state index contributed by atoms with van der Waals surface area (Å²) in [5, 5.41) is 4.35. The molecule has 0 spiro atoms. The van der Waals surface area contributed by atoms with E-state index in [-0.39, 0.29) is 6.03 Å². The molecule has 1 saturated carbocycles. The topological polar surface area (TPSA) is 48.1 Å². The third-order valence-corrected chi connectivity index (χ3v) is 5.12. The van der Waals surface area contributed by atoms with Crippen molar-refractivity contribution in [2.45, 2.75) is 51.5 Å². The quantitative estimate of drug-likeness (QED) is 0.881. The second kappa shape index (κ2) is 7.07. The van der Waals surface area contributed by atoms with Crippen molar-refractivity contribution in [2.24, 2.45) is 0 Å². The van der Waals surface area contributed by atoms with Crippen LogP contribution in [0, 0.1) is 6.92 Å². The number of urea groups is 1. The van der Waals surface area contributed by atoms with E-state index in [0.717, 1.165) is 19.3 Å². The van der Waals surface area contributed by atoms with Gasteiger partial charge in [0, 0.05) is 36.2 Å². The van der Waals surface area contributed by atoms with Gasteiger partial charge in [0.1, 0.15) is 0 Å². The van der Waals surface area contributed by atoms with E-state index in [0.29, 0.717) is 12.6 Å². The van der Waals surface area contributed by atoms with Crippen molar-refractivity contribution in [1.82, 2.24) is 15.2 Å². The molecule has 1 aliphatic carbocycles. The number of fused-ring (bicyclic) bond motifs is 1. The molecule has 1 aliphatic rings. The molecule has 23 heavy (non-hydrogen) atoms. The molecule has 0 unspecified atom stereocenters. The molecule has 2 N–H and O–H groups in total. The summed E-state index contributed by atoms with van der Waals surface area (Å²) in [5.74, 6) is 0. The van der Waals surface area contributed by atoms with Crippen LogP contribution in [0.3, 0.4) is 0 Å². The Morgan fingerprint density at radius 3 is 2.78 bits per heavy atom. The molecule has 0 aliphatic heterocycles. The second-order valence-electron chi connectivity index (χ2n) is 6.66. The van der Waals surface area contributed by atoms with Crippen molar-refractivity contribution in [3.05, 3.63) is 35.5 Å². The van der Waals surface area contributed by atoms with Gasteiger partial charge in [0.15, 0.2) is 0 Å². The van der Waals surface area contributed by atoms with Gasteiger partial charge in [-0.1, -0.05) is 37.5 Å². The Kier molecular flexibility index (Phi) is 4.89. The van der Waals surface area contributed by atoms with Gasteiger partial charge in [-0.15, -0.1) is 0 Å². The lowest BCUT2D eigenvalue weighted by atomic mass is 9.95. The van der Waals surface area contributed by atoms with Crippen molar-refractivity contribution in [1.29, 1.82) is 0 Å². The third-order valence-electron chi connectivity index (χ3n) is 5.12. The van der Waals surface area contributed by atoms with Crippen molar-refractivity contribution in [3.63, 3.8) is 0 Å². The minimum absolute atomic E-state index is 0.0643. The first-order valence-corrected chi connectivity index (χ1v) is 8.73. The highest BCUT2D eigenvalue weighted by molar-refractivity contribution is 5.84. The number of hydrogen-bond donors (Lipinski definition) is 2. The Balaban J connectivity index is 1.56. The van der Waals surface area contributed by atoms with Crippen molar-refractivity contribution >= 4 is 16.9 Å². The number of rotatable bonds is 4. The van der Waals surface area contributed by atoms with Gasteiger partial charge in [0.2, 0.25) is 0 Å². The molecule has 2 amide bonds. The molecule has 1 aromatic carbocycles. The average Bonchev–Trinajstić information content (AvgIpc) is 2.90. The summed E-state index contributed by atoms with van der Waals surface area (Å²) in [6.45, 7) is 2.78. The first kappa shape index (κ1) is 15.9. The molecular formula is C19H27N3O. The molecule has 1 heterocycles. The summed E-state index contributed by atoms with van der Waals surface area (Å²) in [7, 11) is 1.93. The average molecular weight is 313 g/mol. The number of nitrogens with zero attached hydrogens (tertiary/aromatic N) is 1. The maximum atomic E-state index is 12.3. The molecule has 4 nitrogen and oxygen atoms in total. The summed E-state index contributed by atoms with van der Waals surface area (Å²) in [6.07, 6.45) is 6.95. The molecule has 4 heteroatoms. The number of aromatic amines is 1. The monoisotopic (exact) mass is 313 g/mol. The maximum Gasteiger partial charge on any atom is 0.317 e. The lowest BCUT2D eigenvalue weighted by Crippen LogP contribution is -2.44. The SMILES string of the molecule is Cc1[nH]c2ccccc2c1CCNC(=O)N(C)C1CCCCC1. The Bertz CT molecular complexity index is 670. The zero-order valence-electron chi connectivity index (χ0n) is 14.2. The summed E-state index contributed by atoms with van der Waals surface area (Å²) >= 11 is 0. The van der Waals surface area contributed by atoms with Crippen molar-refractivity contribution in [2.75, 3.05) is 13.6 Å². The van der Waals surface area contributed by atoms with Crippen LogP contribution in [0.5, 0.6) is 0 Å². The van der Waals surface area contributed by atoms with Crippen LogP contribution in [0.4, 0.5) is 4.79 Å². The smallest absolute Gasteiger partial charge is 0.317 e. The number of carbonyl (C=O) groups is 1. The molecule has 0 radical (unpaired) electrons. The van der Waals surface area contributed by atoms with Gasteiger partial charge in [-0.3, -0.25) is 0 Å². The number of H-pyrrole nitrogens is 1. The number of aryl methyl sites for hydroxylation is 1. The number of amides is 2. The number of hydrogen-bond acceptors (Lipinski definition) is 1. The summed E-state index contributed by atoms with van der Waals surface area (Å²) in [4.78, 5) is 17.6. The lowest BCUT2D eigenvalue weighted by molar-refractivity contribution is 0.174. The van der Waals surface area contributed by atoms with Crippen LogP contribution < -0.4 is 5.32 Å². The van der Waals surface area contributed by atoms with E-state index >= 15 is 0 Å². The van der Waals surface area contributed by atoms with E-state index in [2.05, 4.69) is 35.4 Å². The highest BCUT2D eigenvalue weighted by Crippen LogP contribution is 2.23. The molecule has 0 bridgehead atoms. The van der Waals surface area contributed by atoms with E-state index in [1.807, 2.05) is 18.0 Å². The first-order chi connectivity index (χ1) is 11.2. The fraction of sp³-hybridized carbons (Fsp3) is 0.526. The van der Waals surface area contributed by atoms with E-state index in [4.69, 9.17) is 0 Å². The van der Waals surface area contributed by atoms with E-state index in [9.17, 15) is 4.79 Å². The van der Waals surface area contributed by atoms with E-state index in [1.165, 1.54) is 41.4 Å². The minimum Gasteiger partial charge on any atom is -0.358 e. The van der Waals surface area contributed by atoms with Crippen LogP contribution in [0.2, 0.25) is 0 Å². The zero-order valence-corrected chi connectivity index (χ0v) is 14.2. The highest BCUT2D eigenvalue weighted by atomic mass is 16.2. The van der Waals surface area contributed by atoms with Crippen molar-refractivity contribution in [3.8, 4) is 0 Å². The predicted octanol–water partition coefficient (Wildman–Crippen LogP) is 3.99. The molecule has 3 rings (SSSR count). The second-order valence-corrected chi connectivity index (χ2v) is 6.66. The number of para-hydroxylation sites is 1. The lowest BCUT2D eigenvalue weighted by Gasteiger charge is -2.31.